The lowest BCUT2D eigenvalue weighted by atomic mass is 10.0. The molecule has 0 aliphatic carbocycles. The van der Waals surface area contributed by atoms with Crippen molar-refractivity contribution in [3.63, 3.8) is 0 Å². The van der Waals surface area contributed by atoms with Crippen LogP contribution in [0.25, 0.3) is 0 Å². The van der Waals surface area contributed by atoms with Gasteiger partial charge in [-0.2, -0.15) is 0 Å². The molecule has 0 saturated carbocycles. The first-order valence-corrected chi connectivity index (χ1v) is 9.77. The molecule has 0 aromatic heterocycles. The Morgan fingerprint density at radius 3 is 1.68 bits per heavy atom. The topological polar surface area (TPSA) is 0 Å². The maximum Gasteiger partial charge on any atom is -0.0259 e. The van der Waals surface area contributed by atoms with Gasteiger partial charge >= 0.3 is 0 Å². The van der Waals surface area contributed by atoms with Crippen molar-refractivity contribution in [2.24, 2.45) is 5.92 Å². The van der Waals surface area contributed by atoms with Gasteiger partial charge in [-0.25, -0.2) is 0 Å². The zero-order chi connectivity index (χ0) is 16.3. The van der Waals surface area contributed by atoms with Gasteiger partial charge in [0.2, 0.25) is 0 Å². The molecule has 0 heteroatoms. The van der Waals surface area contributed by atoms with Crippen LogP contribution in [0.1, 0.15) is 97.3 Å². The third kappa shape index (κ3) is 17.3. The number of hydrogen-bond acceptors (Lipinski definition) is 0. The van der Waals surface area contributed by atoms with Gasteiger partial charge in [-0.05, 0) is 12.3 Å². The average molecular weight is 305 g/mol. The van der Waals surface area contributed by atoms with Gasteiger partial charge in [0, 0.05) is 0 Å². The summed E-state index contributed by atoms with van der Waals surface area (Å²) in [6.07, 6.45) is 28.9. The summed E-state index contributed by atoms with van der Waals surface area (Å²) in [7, 11) is 0. The summed E-state index contributed by atoms with van der Waals surface area (Å²) in [5.41, 5.74) is 0. The van der Waals surface area contributed by atoms with E-state index in [-0.39, 0.29) is 0 Å². The van der Waals surface area contributed by atoms with Gasteiger partial charge in [0.25, 0.3) is 0 Å². The van der Waals surface area contributed by atoms with E-state index >= 15 is 0 Å². The Balaban J connectivity index is 3.21. The summed E-state index contributed by atoms with van der Waals surface area (Å²) in [5, 5.41) is 0. The summed E-state index contributed by atoms with van der Waals surface area (Å²) < 4.78 is 0. The van der Waals surface area contributed by atoms with Crippen LogP contribution in [0.4, 0.5) is 0 Å². The van der Waals surface area contributed by atoms with Crippen molar-refractivity contribution in [2.75, 3.05) is 0 Å². The molecular weight excluding hydrogens is 264 g/mol. The van der Waals surface area contributed by atoms with Crippen molar-refractivity contribution in [1.29, 1.82) is 0 Å². The normalized spacial score (nSPS) is 13.2. The van der Waals surface area contributed by atoms with Crippen molar-refractivity contribution in [1.82, 2.24) is 0 Å². The predicted octanol–water partition coefficient (Wildman–Crippen LogP) is 8.01. The van der Waals surface area contributed by atoms with Crippen molar-refractivity contribution >= 4 is 0 Å². The minimum Gasteiger partial charge on any atom is -0.0991 e. The SMILES string of the molecule is C=CC=CC=CC(C)CCCCCCCCCCCCCC. The quantitative estimate of drug-likeness (QED) is 0.200. The van der Waals surface area contributed by atoms with Gasteiger partial charge in [-0.3, -0.25) is 0 Å². The lowest BCUT2D eigenvalue weighted by Crippen LogP contribution is -1.89. The number of hydrogen-bond donors (Lipinski definition) is 0. The average Bonchev–Trinajstić information content (AvgIpc) is 2.52. The monoisotopic (exact) mass is 304 g/mol. The molecule has 0 aromatic rings. The molecule has 0 spiro atoms. The largest absolute Gasteiger partial charge is 0.0991 e. The minimum absolute atomic E-state index is 0.706. The van der Waals surface area contributed by atoms with E-state index in [2.05, 4.69) is 38.7 Å². The molecule has 0 bridgehead atoms. The fourth-order valence-corrected chi connectivity index (χ4v) is 2.80. The highest BCUT2D eigenvalue weighted by Gasteiger charge is 1.97. The molecule has 1 atom stereocenters. The van der Waals surface area contributed by atoms with Gasteiger partial charge in [-0.1, -0.05) is 128 Å². The van der Waals surface area contributed by atoms with Crippen LogP contribution in [0.15, 0.2) is 37.0 Å². The zero-order valence-electron chi connectivity index (χ0n) is 15.4. The third-order valence-corrected chi connectivity index (χ3v) is 4.31. The zero-order valence-corrected chi connectivity index (χ0v) is 15.4. The highest BCUT2D eigenvalue weighted by molar-refractivity contribution is 5.09. The Hall–Kier alpha value is -0.780. The summed E-state index contributed by atoms with van der Waals surface area (Å²) in [6.45, 7) is 8.27. The molecule has 0 aliphatic heterocycles. The Morgan fingerprint density at radius 2 is 1.18 bits per heavy atom. The number of unbranched alkanes of at least 4 members (excludes halogenated alkanes) is 11. The van der Waals surface area contributed by atoms with Gasteiger partial charge in [-0.15, -0.1) is 0 Å². The fourth-order valence-electron chi connectivity index (χ4n) is 2.80. The Bertz CT molecular complexity index is 272. The molecule has 0 amide bonds. The van der Waals surface area contributed by atoms with Crippen LogP contribution in [-0.4, -0.2) is 0 Å². The highest BCUT2D eigenvalue weighted by Crippen LogP contribution is 2.14. The van der Waals surface area contributed by atoms with Crippen molar-refractivity contribution in [3.05, 3.63) is 37.0 Å². The van der Waals surface area contributed by atoms with Crippen LogP contribution < -0.4 is 0 Å². The van der Waals surface area contributed by atoms with E-state index in [1.165, 1.54) is 83.5 Å². The molecule has 0 saturated heterocycles. The van der Waals surface area contributed by atoms with Crippen LogP contribution in [0, 0.1) is 5.92 Å². The second kappa shape index (κ2) is 18.3. The highest BCUT2D eigenvalue weighted by atomic mass is 14.0. The first-order valence-electron chi connectivity index (χ1n) is 9.77. The van der Waals surface area contributed by atoms with Crippen LogP contribution >= 0.6 is 0 Å². The van der Waals surface area contributed by atoms with E-state index in [1.54, 1.807) is 0 Å². The molecule has 0 N–H and O–H groups in total. The molecule has 0 heterocycles. The molecule has 22 heavy (non-hydrogen) atoms. The van der Waals surface area contributed by atoms with Crippen molar-refractivity contribution < 1.29 is 0 Å². The summed E-state index contributed by atoms with van der Waals surface area (Å²) in [6, 6.07) is 0. The Kier molecular flexibility index (Phi) is 17.6. The van der Waals surface area contributed by atoms with E-state index < -0.39 is 0 Å². The number of allylic oxidation sites excluding steroid dienone is 5. The molecule has 0 rings (SSSR count). The number of rotatable bonds is 16. The fraction of sp³-hybridized carbons (Fsp3) is 0.727. The first kappa shape index (κ1) is 21.2. The predicted molar refractivity (Wildman–Crippen MR) is 103 cm³/mol. The molecule has 0 aromatic carbocycles. The molecule has 128 valence electrons. The summed E-state index contributed by atoms with van der Waals surface area (Å²) >= 11 is 0. The van der Waals surface area contributed by atoms with Gasteiger partial charge in [0.15, 0.2) is 0 Å². The lowest BCUT2D eigenvalue weighted by Gasteiger charge is -2.06. The standard InChI is InChI=1S/C22H40/c1-4-6-8-10-11-12-13-14-15-16-17-19-21-22(3)20-18-9-7-5-2/h5,7,9,18,20,22H,2,4,6,8,10-17,19,21H2,1,3H3. The van der Waals surface area contributed by atoms with Gasteiger partial charge in [0.05, 0.1) is 0 Å². The van der Waals surface area contributed by atoms with Crippen molar-refractivity contribution in [3.8, 4) is 0 Å². The molecule has 0 radical (unpaired) electrons. The maximum atomic E-state index is 3.67. The van der Waals surface area contributed by atoms with E-state index in [9.17, 15) is 0 Å². The van der Waals surface area contributed by atoms with Gasteiger partial charge < -0.3 is 0 Å². The van der Waals surface area contributed by atoms with Crippen LogP contribution in [-0.2, 0) is 0 Å². The molecule has 0 nitrogen and oxygen atoms in total. The Labute approximate surface area is 140 Å². The van der Waals surface area contributed by atoms with E-state index in [1.807, 2.05) is 12.2 Å². The minimum atomic E-state index is 0.706. The van der Waals surface area contributed by atoms with E-state index in [0.717, 1.165) is 0 Å². The second-order valence-corrected chi connectivity index (χ2v) is 6.66. The van der Waals surface area contributed by atoms with E-state index in [0.29, 0.717) is 5.92 Å². The molecule has 1 unspecified atom stereocenters. The molecule has 0 fully saturated rings. The maximum absolute atomic E-state index is 3.67. The van der Waals surface area contributed by atoms with Crippen LogP contribution in [0.2, 0.25) is 0 Å². The third-order valence-electron chi connectivity index (χ3n) is 4.31. The van der Waals surface area contributed by atoms with Crippen LogP contribution in [0.3, 0.4) is 0 Å². The van der Waals surface area contributed by atoms with Crippen LogP contribution in [0.5, 0.6) is 0 Å². The second-order valence-electron chi connectivity index (χ2n) is 6.66. The summed E-state index contributed by atoms with van der Waals surface area (Å²) in [4.78, 5) is 0. The first-order chi connectivity index (χ1) is 10.8. The molecule has 0 aliphatic rings. The molecular formula is C22H40. The Morgan fingerprint density at radius 1 is 0.682 bits per heavy atom. The van der Waals surface area contributed by atoms with Gasteiger partial charge in [0.1, 0.15) is 0 Å². The smallest absolute Gasteiger partial charge is 0.0259 e. The van der Waals surface area contributed by atoms with E-state index in [4.69, 9.17) is 0 Å². The summed E-state index contributed by atoms with van der Waals surface area (Å²) in [5.74, 6) is 0.706. The lowest BCUT2D eigenvalue weighted by molar-refractivity contribution is 0.522. The van der Waals surface area contributed by atoms with Crippen molar-refractivity contribution in [2.45, 2.75) is 97.3 Å².